The molecule has 0 bridgehead atoms. The van der Waals surface area contributed by atoms with Crippen LogP contribution in [0.15, 0.2) is 54.9 Å². The second kappa shape index (κ2) is 10.1. The number of nitrogens with zero attached hydrogens (tertiary/aromatic N) is 2. The molecule has 6 nitrogen and oxygen atoms in total. The molecule has 0 spiro atoms. The molecule has 1 heterocycles. The summed E-state index contributed by atoms with van der Waals surface area (Å²) in [4.78, 5) is 12.5. The van der Waals surface area contributed by atoms with E-state index in [2.05, 4.69) is 9.84 Å². The summed E-state index contributed by atoms with van der Waals surface area (Å²) >= 11 is 5.91. The summed E-state index contributed by atoms with van der Waals surface area (Å²) in [6.07, 6.45) is 6.28. The van der Waals surface area contributed by atoms with Crippen molar-refractivity contribution in [3.8, 4) is 17.2 Å². The quantitative estimate of drug-likeness (QED) is 0.336. The molecule has 31 heavy (non-hydrogen) atoms. The Morgan fingerprint density at radius 1 is 1.13 bits per heavy atom. The van der Waals surface area contributed by atoms with E-state index in [0.717, 1.165) is 11.1 Å². The van der Waals surface area contributed by atoms with E-state index in [4.69, 9.17) is 21.1 Å². The second-order valence-electron chi connectivity index (χ2n) is 6.37. The minimum Gasteiger partial charge on any atom is -0.496 e. The molecule has 162 valence electrons. The summed E-state index contributed by atoms with van der Waals surface area (Å²) < 4.78 is 41.4. The van der Waals surface area contributed by atoms with Gasteiger partial charge in [-0.15, -0.1) is 0 Å². The van der Waals surface area contributed by atoms with E-state index in [-0.39, 0.29) is 22.8 Å². The van der Waals surface area contributed by atoms with Crippen LogP contribution in [0.1, 0.15) is 21.5 Å². The Bertz CT molecular complexity index is 1100. The molecule has 0 atom stereocenters. The van der Waals surface area contributed by atoms with Crippen molar-refractivity contribution >= 4 is 23.5 Å². The van der Waals surface area contributed by atoms with E-state index in [1.807, 2.05) is 12.1 Å². The third kappa shape index (κ3) is 5.82. The van der Waals surface area contributed by atoms with Crippen molar-refractivity contribution in [2.45, 2.75) is 13.2 Å². The minimum atomic E-state index is -2.99. The van der Waals surface area contributed by atoms with E-state index in [1.54, 1.807) is 36.3 Å². The number of carbonyl (C=O) groups is 1. The summed E-state index contributed by atoms with van der Waals surface area (Å²) in [7, 11) is 2.88. The maximum absolute atomic E-state index is 12.5. The number of ketones is 1. The molecule has 0 aliphatic heterocycles. The van der Waals surface area contributed by atoms with E-state index < -0.39 is 6.61 Å². The number of methoxy groups -OCH3 is 2. The molecule has 2 aromatic carbocycles. The molecule has 0 saturated carbocycles. The number of hydrogen-bond donors (Lipinski definition) is 0. The summed E-state index contributed by atoms with van der Waals surface area (Å²) in [6, 6.07) is 9.50. The third-order valence-electron chi connectivity index (χ3n) is 4.33. The topological polar surface area (TPSA) is 62.6 Å². The van der Waals surface area contributed by atoms with Crippen molar-refractivity contribution in [1.82, 2.24) is 9.78 Å². The van der Waals surface area contributed by atoms with Crippen molar-refractivity contribution in [3.63, 3.8) is 0 Å². The Morgan fingerprint density at radius 3 is 2.52 bits per heavy atom. The maximum Gasteiger partial charge on any atom is 0.387 e. The summed E-state index contributed by atoms with van der Waals surface area (Å²) in [5.41, 5.74) is 1.90. The normalized spacial score (nSPS) is 11.2. The third-order valence-corrected chi connectivity index (χ3v) is 4.53. The number of hydrogen-bond acceptors (Lipinski definition) is 5. The lowest BCUT2D eigenvalue weighted by molar-refractivity contribution is -0.0512. The predicted octanol–water partition coefficient (Wildman–Crippen LogP) is 5.10. The molecule has 0 aliphatic rings. The van der Waals surface area contributed by atoms with E-state index >= 15 is 0 Å². The summed E-state index contributed by atoms with van der Waals surface area (Å²) in [5, 5.41) is 4.69. The molecule has 0 amide bonds. The van der Waals surface area contributed by atoms with Gasteiger partial charge in [0.15, 0.2) is 17.3 Å². The van der Waals surface area contributed by atoms with Crippen molar-refractivity contribution in [3.05, 3.63) is 76.6 Å². The molecule has 3 aromatic rings. The van der Waals surface area contributed by atoms with E-state index in [0.29, 0.717) is 17.3 Å². The fourth-order valence-corrected chi connectivity index (χ4v) is 3.06. The van der Waals surface area contributed by atoms with Crippen LogP contribution in [-0.2, 0) is 6.54 Å². The second-order valence-corrected chi connectivity index (χ2v) is 6.81. The maximum atomic E-state index is 12.5. The Morgan fingerprint density at radius 2 is 1.87 bits per heavy atom. The highest BCUT2D eigenvalue weighted by atomic mass is 35.5. The number of allylic oxidation sites excluding steroid dienone is 1. The van der Waals surface area contributed by atoms with Crippen LogP contribution in [0.5, 0.6) is 17.2 Å². The first-order chi connectivity index (χ1) is 14.9. The fourth-order valence-electron chi connectivity index (χ4n) is 2.91. The van der Waals surface area contributed by atoms with E-state index in [1.165, 1.54) is 31.4 Å². The SMILES string of the molecule is COc1ccc(/C=C/C(=O)c2ccc(OC(F)F)c(OC)c2)cc1Cn1cc(Cl)cn1. The van der Waals surface area contributed by atoms with Crippen LogP contribution in [0.4, 0.5) is 8.78 Å². The molecule has 0 unspecified atom stereocenters. The number of carbonyl (C=O) groups excluding carboxylic acids is 1. The van der Waals surface area contributed by atoms with Gasteiger partial charge in [0.2, 0.25) is 0 Å². The average Bonchev–Trinajstić information content (AvgIpc) is 3.16. The zero-order chi connectivity index (χ0) is 22.4. The zero-order valence-electron chi connectivity index (χ0n) is 16.7. The van der Waals surface area contributed by atoms with Crippen molar-refractivity contribution in [2.75, 3.05) is 14.2 Å². The molecule has 0 radical (unpaired) electrons. The Kier molecular flexibility index (Phi) is 7.25. The van der Waals surface area contributed by atoms with Gasteiger partial charge in [0.25, 0.3) is 0 Å². The lowest BCUT2D eigenvalue weighted by atomic mass is 10.1. The first-order valence-corrected chi connectivity index (χ1v) is 9.47. The van der Waals surface area contributed by atoms with Gasteiger partial charge in [-0.25, -0.2) is 0 Å². The predicted molar refractivity (Wildman–Crippen MR) is 112 cm³/mol. The van der Waals surface area contributed by atoms with Gasteiger partial charge < -0.3 is 14.2 Å². The van der Waals surface area contributed by atoms with Gasteiger partial charge in [0.05, 0.1) is 32.0 Å². The van der Waals surface area contributed by atoms with Gasteiger partial charge in [-0.2, -0.15) is 13.9 Å². The fraction of sp³-hybridized carbons (Fsp3) is 0.182. The number of rotatable bonds is 9. The van der Waals surface area contributed by atoms with Crippen LogP contribution in [0.2, 0.25) is 5.02 Å². The average molecular weight is 449 g/mol. The molecule has 0 saturated heterocycles. The summed E-state index contributed by atoms with van der Waals surface area (Å²) in [6.45, 7) is -2.55. The molecule has 3 rings (SSSR count). The largest absolute Gasteiger partial charge is 0.496 e. The van der Waals surface area contributed by atoms with Crippen LogP contribution < -0.4 is 14.2 Å². The van der Waals surface area contributed by atoms with Crippen LogP contribution in [0.25, 0.3) is 6.08 Å². The van der Waals surface area contributed by atoms with Crippen molar-refractivity contribution in [2.24, 2.45) is 0 Å². The highest BCUT2D eigenvalue weighted by Crippen LogP contribution is 2.30. The highest BCUT2D eigenvalue weighted by Gasteiger charge is 2.13. The van der Waals surface area contributed by atoms with Gasteiger partial charge in [-0.1, -0.05) is 23.7 Å². The Labute approximate surface area is 182 Å². The monoisotopic (exact) mass is 448 g/mol. The van der Waals surface area contributed by atoms with Gasteiger partial charge in [0.1, 0.15) is 5.75 Å². The first-order valence-electron chi connectivity index (χ1n) is 9.09. The smallest absolute Gasteiger partial charge is 0.387 e. The van der Waals surface area contributed by atoms with Crippen LogP contribution >= 0.6 is 11.6 Å². The van der Waals surface area contributed by atoms with Gasteiger partial charge in [-0.05, 0) is 42.0 Å². The number of aromatic nitrogens is 2. The Balaban J connectivity index is 1.79. The lowest BCUT2D eigenvalue weighted by Crippen LogP contribution is -2.04. The number of halogens is 3. The van der Waals surface area contributed by atoms with Crippen molar-refractivity contribution in [1.29, 1.82) is 0 Å². The minimum absolute atomic E-state index is 0.0455. The lowest BCUT2D eigenvalue weighted by Gasteiger charge is -2.10. The molecule has 1 aromatic heterocycles. The van der Waals surface area contributed by atoms with E-state index in [9.17, 15) is 13.6 Å². The molecule has 0 N–H and O–H groups in total. The number of benzene rings is 2. The van der Waals surface area contributed by atoms with Crippen LogP contribution in [-0.4, -0.2) is 36.4 Å². The zero-order valence-corrected chi connectivity index (χ0v) is 17.5. The van der Waals surface area contributed by atoms with Crippen molar-refractivity contribution < 1.29 is 27.8 Å². The molecule has 9 heteroatoms. The number of alkyl halides is 2. The molecule has 0 aliphatic carbocycles. The van der Waals surface area contributed by atoms with Gasteiger partial charge >= 0.3 is 6.61 Å². The van der Waals surface area contributed by atoms with Gasteiger partial charge in [-0.3, -0.25) is 9.48 Å². The highest BCUT2D eigenvalue weighted by molar-refractivity contribution is 6.30. The van der Waals surface area contributed by atoms with Gasteiger partial charge in [0, 0.05) is 17.3 Å². The van der Waals surface area contributed by atoms with Crippen LogP contribution in [0, 0.1) is 0 Å². The Hall–Kier alpha value is -3.39. The standard InChI is InChI=1S/C22H19ClF2N2O4/c1-29-19-7-4-14(9-16(19)12-27-13-17(23)11-26-27)3-6-18(28)15-5-8-20(31-22(24)25)21(10-15)30-2/h3-11,13,22H,12H2,1-2H3/b6-3+. The molecular weight excluding hydrogens is 430 g/mol. The summed E-state index contributed by atoms with van der Waals surface area (Å²) in [5.74, 6) is 0.258. The first kappa shape index (κ1) is 22.3. The number of ether oxygens (including phenoxy) is 3. The molecule has 0 fully saturated rings. The molecular formula is C22H19ClF2N2O4. The van der Waals surface area contributed by atoms with Crippen LogP contribution in [0.3, 0.4) is 0 Å².